The van der Waals surface area contributed by atoms with Gasteiger partial charge in [-0.25, -0.2) is 8.42 Å². The fraction of sp³-hybridized carbons (Fsp3) is 0.469. The van der Waals surface area contributed by atoms with Gasteiger partial charge in [0.2, 0.25) is 15.9 Å². The molecule has 2 aromatic carbocycles. The zero-order chi connectivity index (χ0) is 28.7. The van der Waals surface area contributed by atoms with Gasteiger partial charge in [-0.2, -0.15) is 4.31 Å². The first-order chi connectivity index (χ1) is 18.9. The molecule has 0 aliphatic carbocycles. The van der Waals surface area contributed by atoms with Crippen molar-refractivity contribution in [2.45, 2.75) is 69.9 Å². The third-order valence-corrected chi connectivity index (χ3v) is 11.3. The van der Waals surface area contributed by atoms with Crippen LogP contribution >= 0.6 is 11.3 Å². The van der Waals surface area contributed by atoms with Gasteiger partial charge in [0, 0.05) is 50.1 Å². The molecule has 2 aliphatic rings. The SMILES string of the molecule is Cc1ccc([C@H]2c3ccsc3CCN2CCC(=O)N2CCN(S(=O)(=O)c3ccc(C(C)(C)C)cc3)[C@@H](C)C2)cc1. The summed E-state index contributed by atoms with van der Waals surface area (Å²) in [6.45, 7) is 13.1. The number of hydrogen-bond donors (Lipinski definition) is 0. The van der Waals surface area contributed by atoms with Crippen LogP contribution in [0.2, 0.25) is 0 Å². The molecule has 5 rings (SSSR count). The number of carbonyl (C=O) groups excluding carboxylic acids is 1. The van der Waals surface area contributed by atoms with Crippen LogP contribution in [-0.4, -0.2) is 67.2 Å². The largest absolute Gasteiger partial charge is 0.340 e. The van der Waals surface area contributed by atoms with Crippen LogP contribution in [0.1, 0.15) is 67.3 Å². The van der Waals surface area contributed by atoms with Gasteiger partial charge in [0.15, 0.2) is 0 Å². The highest BCUT2D eigenvalue weighted by Crippen LogP contribution is 2.38. The van der Waals surface area contributed by atoms with Crippen molar-refractivity contribution in [1.82, 2.24) is 14.1 Å². The van der Waals surface area contributed by atoms with E-state index in [1.165, 1.54) is 21.6 Å². The van der Waals surface area contributed by atoms with Gasteiger partial charge in [0.1, 0.15) is 0 Å². The third kappa shape index (κ3) is 5.91. The minimum atomic E-state index is -3.63. The summed E-state index contributed by atoms with van der Waals surface area (Å²) in [6, 6.07) is 18.1. The Morgan fingerprint density at radius 2 is 1.68 bits per heavy atom. The number of carbonyl (C=O) groups is 1. The number of benzene rings is 2. The normalized spacial score (nSPS) is 20.9. The number of amides is 1. The molecule has 1 fully saturated rings. The molecule has 3 aromatic rings. The molecule has 1 amide bonds. The molecule has 0 bridgehead atoms. The summed E-state index contributed by atoms with van der Waals surface area (Å²) in [5.74, 6) is 0.0946. The molecular weight excluding hydrogens is 539 g/mol. The van der Waals surface area contributed by atoms with Crippen LogP contribution in [0, 0.1) is 6.92 Å². The monoisotopic (exact) mass is 579 g/mol. The van der Waals surface area contributed by atoms with Crippen molar-refractivity contribution in [2.75, 3.05) is 32.7 Å². The summed E-state index contributed by atoms with van der Waals surface area (Å²) in [5.41, 5.74) is 4.92. The van der Waals surface area contributed by atoms with Crippen LogP contribution < -0.4 is 0 Å². The molecule has 0 saturated carbocycles. The van der Waals surface area contributed by atoms with E-state index in [9.17, 15) is 13.2 Å². The highest BCUT2D eigenvalue weighted by molar-refractivity contribution is 7.89. The van der Waals surface area contributed by atoms with E-state index in [1.807, 2.05) is 35.3 Å². The molecule has 1 saturated heterocycles. The molecular formula is C32H41N3O3S2. The first kappa shape index (κ1) is 29.0. The summed E-state index contributed by atoms with van der Waals surface area (Å²) >= 11 is 1.82. The maximum absolute atomic E-state index is 13.5. The number of rotatable bonds is 6. The maximum atomic E-state index is 13.5. The van der Waals surface area contributed by atoms with E-state index in [2.05, 4.69) is 68.3 Å². The van der Waals surface area contributed by atoms with Crippen molar-refractivity contribution in [3.05, 3.63) is 87.1 Å². The minimum absolute atomic E-state index is 0.0398. The lowest BCUT2D eigenvalue weighted by molar-refractivity contribution is -0.133. The Kier molecular flexibility index (Phi) is 8.26. The fourth-order valence-electron chi connectivity index (χ4n) is 5.93. The van der Waals surface area contributed by atoms with Crippen molar-refractivity contribution in [3.63, 3.8) is 0 Å². The first-order valence-corrected chi connectivity index (χ1v) is 16.5. The van der Waals surface area contributed by atoms with Gasteiger partial charge < -0.3 is 4.90 Å². The summed E-state index contributed by atoms with van der Waals surface area (Å²) < 4.78 is 28.5. The first-order valence-electron chi connectivity index (χ1n) is 14.2. The van der Waals surface area contributed by atoms with Crippen molar-refractivity contribution >= 4 is 27.3 Å². The van der Waals surface area contributed by atoms with Gasteiger partial charge in [-0.15, -0.1) is 11.3 Å². The highest BCUT2D eigenvalue weighted by Gasteiger charge is 2.36. The maximum Gasteiger partial charge on any atom is 0.243 e. The van der Waals surface area contributed by atoms with Crippen LogP contribution in [-0.2, 0) is 26.7 Å². The molecule has 8 heteroatoms. The molecule has 2 aliphatic heterocycles. The number of sulfonamides is 1. The molecule has 40 heavy (non-hydrogen) atoms. The molecule has 0 spiro atoms. The number of fused-ring (bicyclic) bond motifs is 1. The standard InChI is InChI=1S/C32H41N3O3S2/c1-23-6-8-25(9-7-23)31-28-16-21-39-29(28)14-17-33(31)18-15-30(36)34-19-20-35(24(2)22-34)40(37,38)27-12-10-26(11-13-27)32(3,4)5/h6-13,16,21,24,31H,14-15,17-20,22H2,1-5H3/t24-,31-/m0/s1. The second-order valence-corrected chi connectivity index (χ2v) is 15.1. The number of piperazine rings is 1. The van der Waals surface area contributed by atoms with Gasteiger partial charge in [-0.1, -0.05) is 62.7 Å². The van der Waals surface area contributed by atoms with Crippen molar-refractivity contribution < 1.29 is 13.2 Å². The number of aryl methyl sites for hydroxylation is 1. The Balaban J connectivity index is 1.22. The van der Waals surface area contributed by atoms with E-state index in [4.69, 9.17) is 0 Å². The molecule has 0 N–H and O–H groups in total. The number of nitrogens with zero attached hydrogens (tertiary/aromatic N) is 3. The minimum Gasteiger partial charge on any atom is -0.340 e. The van der Waals surface area contributed by atoms with Gasteiger partial charge in [0.25, 0.3) is 0 Å². The lowest BCUT2D eigenvalue weighted by atomic mass is 9.87. The predicted octanol–water partition coefficient (Wildman–Crippen LogP) is 5.61. The van der Waals surface area contributed by atoms with E-state index in [0.717, 1.165) is 18.5 Å². The lowest BCUT2D eigenvalue weighted by Gasteiger charge is -2.40. The van der Waals surface area contributed by atoms with E-state index in [0.29, 0.717) is 37.5 Å². The van der Waals surface area contributed by atoms with E-state index in [-0.39, 0.29) is 23.4 Å². The van der Waals surface area contributed by atoms with Gasteiger partial charge in [-0.05, 0) is 66.0 Å². The van der Waals surface area contributed by atoms with E-state index >= 15 is 0 Å². The quantitative estimate of drug-likeness (QED) is 0.381. The summed E-state index contributed by atoms with van der Waals surface area (Å²) in [7, 11) is -3.63. The number of thiophene rings is 1. The molecule has 214 valence electrons. The fourth-order valence-corrected chi connectivity index (χ4v) is 8.45. The van der Waals surface area contributed by atoms with Crippen LogP contribution in [0.25, 0.3) is 0 Å². The van der Waals surface area contributed by atoms with Crippen LogP contribution in [0.4, 0.5) is 0 Å². The topological polar surface area (TPSA) is 60.9 Å². The smallest absolute Gasteiger partial charge is 0.243 e. The highest BCUT2D eigenvalue weighted by atomic mass is 32.2. The van der Waals surface area contributed by atoms with Crippen LogP contribution in [0.15, 0.2) is 64.9 Å². The Hall–Kier alpha value is -2.52. The Labute approximate surface area is 243 Å². The van der Waals surface area contributed by atoms with Gasteiger partial charge in [0.05, 0.1) is 10.9 Å². The summed E-state index contributed by atoms with van der Waals surface area (Å²) in [4.78, 5) is 19.4. The predicted molar refractivity (Wildman–Crippen MR) is 162 cm³/mol. The number of hydrogen-bond acceptors (Lipinski definition) is 5. The van der Waals surface area contributed by atoms with Crippen LogP contribution in [0.3, 0.4) is 0 Å². The zero-order valence-electron chi connectivity index (χ0n) is 24.3. The molecule has 0 unspecified atom stereocenters. The van der Waals surface area contributed by atoms with Crippen molar-refractivity contribution in [1.29, 1.82) is 0 Å². The Morgan fingerprint density at radius 3 is 2.33 bits per heavy atom. The molecule has 6 nitrogen and oxygen atoms in total. The lowest BCUT2D eigenvalue weighted by Crippen LogP contribution is -2.55. The second-order valence-electron chi connectivity index (χ2n) is 12.2. The van der Waals surface area contributed by atoms with E-state index < -0.39 is 10.0 Å². The zero-order valence-corrected chi connectivity index (χ0v) is 25.9. The molecule has 2 atom stereocenters. The molecule has 3 heterocycles. The average Bonchev–Trinajstić information content (AvgIpc) is 3.40. The average molecular weight is 580 g/mol. The van der Waals surface area contributed by atoms with Crippen molar-refractivity contribution in [2.24, 2.45) is 0 Å². The Bertz CT molecular complexity index is 1440. The Morgan fingerprint density at radius 1 is 0.975 bits per heavy atom. The molecule has 0 radical (unpaired) electrons. The second kappa shape index (κ2) is 11.4. The van der Waals surface area contributed by atoms with Gasteiger partial charge >= 0.3 is 0 Å². The third-order valence-electron chi connectivity index (χ3n) is 8.32. The van der Waals surface area contributed by atoms with Crippen LogP contribution in [0.5, 0.6) is 0 Å². The van der Waals surface area contributed by atoms with Crippen molar-refractivity contribution in [3.8, 4) is 0 Å². The summed E-state index contributed by atoms with van der Waals surface area (Å²) in [5, 5.41) is 2.17. The molecule has 1 aromatic heterocycles. The van der Waals surface area contributed by atoms with E-state index in [1.54, 1.807) is 16.4 Å². The summed E-state index contributed by atoms with van der Waals surface area (Å²) in [6.07, 6.45) is 1.43. The van der Waals surface area contributed by atoms with Gasteiger partial charge in [-0.3, -0.25) is 9.69 Å².